The largest absolute Gasteiger partial charge is 0.455 e. The monoisotopic (exact) mass is 524 g/mol. The Balaban J connectivity index is 1.47. The molecule has 0 saturated carbocycles. The van der Waals surface area contributed by atoms with Crippen molar-refractivity contribution in [2.45, 2.75) is 46.3 Å². The van der Waals surface area contributed by atoms with E-state index in [1.54, 1.807) is 27.7 Å². The van der Waals surface area contributed by atoms with Gasteiger partial charge in [0.15, 0.2) is 0 Å². The van der Waals surface area contributed by atoms with Gasteiger partial charge in [0, 0.05) is 29.4 Å². The van der Waals surface area contributed by atoms with Gasteiger partial charge in [-0.2, -0.15) is 0 Å². The maximum atomic E-state index is 8.96. The normalized spacial score (nSPS) is 14.8. The van der Waals surface area contributed by atoms with E-state index >= 15 is 0 Å². The van der Waals surface area contributed by atoms with Crippen molar-refractivity contribution in [2.75, 3.05) is 0 Å². The highest BCUT2D eigenvalue weighted by Gasteiger charge is 2.18. The van der Waals surface area contributed by atoms with Crippen molar-refractivity contribution in [1.82, 2.24) is 4.98 Å². The molecule has 2 aromatic heterocycles. The van der Waals surface area contributed by atoms with Gasteiger partial charge in [0.05, 0.1) is 5.69 Å². The Bertz CT molecular complexity index is 2280. The fourth-order valence-electron chi connectivity index (χ4n) is 5.83. The second kappa shape index (κ2) is 9.34. The minimum atomic E-state index is -2.42. The number of aromatic nitrogens is 1. The number of para-hydroxylation sites is 1. The summed E-state index contributed by atoms with van der Waals surface area (Å²) in [4.78, 5) is 4.67. The first-order chi connectivity index (χ1) is 21.2. The summed E-state index contributed by atoms with van der Waals surface area (Å²) in [6.45, 7) is 4.76. The van der Waals surface area contributed by atoms with E-state index in [4.69, 9.17) is 11.3 Å². The quantitative estimate of drug-likeness (QED) is 0.214. The van der Waals surface area contributed by atoms with Crippen molar-refractivity contribution in [3.05, 3.63) is 114 Å². The fourth-order valence-corrected chi connectivity index (χ4v) is 5.83. The van der Waals surface area contributed by atoms with E-state index < -0.39 is 18.6 Å². The summed E-state index contributed by atoms with van der Waals surface area (Å²) in [6.07, 6.45) is 1.43. The van der Waals surface area contributed by atoms with Crippen molar-refractivity contribution in [2.24, 2.45) is 0 Å². The third-order valence-corrected chi connectivity index (χ3v) is 7.97. The summed E-state index contributed by atoms with van der Waals surface area (Å²) >= 11 is 0. The van der Waals surface area contributed by atoms with Crippen LogP contribution in [0, 0.1) is 6.85 Å². The standard InChI is InChI=1S/C38H33NO/c1-22(2)26-15-16-29(32(17-26)23(3)4)33-19-36(39-21-24(33)5)31-12-8-11-30-35-18-27-14-13-25-9-6-7-10-28(25)34(27)20-37(35)40-38(30)31/h6-23H,1-5H3/i5D3,22D,23D. The molecular formula is C38H33NO. The van der Waals surface area contributed by atoms with Crippen LogP contribution in [-0.2, 0) is 0 Å². The van der Waals surface area contributed by atoms with Gasteiger partial charge in [-0.1, -0.05) is 94.4 Å². The second-order valence-electron chi connectivity index (χ2n) is 11.0. The van der Waals surface area contributed by atoms with Crippen LogP contribution in [0.2, 0.25) is 0 Å². The molecule has 5 aromatic carbocycles. The molecule has 0 fully saturated rings. The number of rotatable bonds is 4. The van der Waals surface area contributed by atoms with Crippen LogP contribution >= 0.6 is 0 Å². The first-order valence-corrected chi connectivity index (χ1v) is 13.6. The predicted octanol–water partition coefficient (Wildman–Crippen LogP) is 11.2. The zero-order valence-corrected chi connectivity index (χ0v) is 23.1. The summed E-state index contributed by atoms with van der Waals surface area (Å²) in [7, 11) is 0. The lowest BCUT2D eigenvalue weighted by Crippen LogP contribution is -1.99. The molecule has 0 atom stereocenters. The van der Waals surface area contributed by atoms with E-state index in [1.807, 2.05) is 54.6 Å². The Morgan fingerprint density at radius 1 is 0.675 bits per heavy atom. The first-order valence-electron chi connectivity index (χ1n) is 16.1. The maximum absolute atomic E-state index is 8.96. The van der Waals surface area contributed by atoms with Gasteiger partial charge in [0.25, 0.3) is 0 Å². The average Bonchev–Trinajstić information content (AvgIpc) is 3.35. The summed E-state index contributed by atoms with van der Waals surface area (Å²) in [5.74, 6) is -1.92. The van der Waals surface area contributed by atoms with Crippen LogP contribution in [0.25, 0.3) is 65.9 Å². The number of furan rings is 1. The molecule has 40 heavy (non-hydrogen) atoms. The highest BCUT2D eigenvalue weighted by atomic mass is 16.3. The third kappa shape index (κ3) is 3.90. The van der Waals surface area contributed by atoms with Gasteiger partial charge in [-0.05, 0) is 92.3 Å². The lowest BCUT2D eigenvalue weighted by Gasteiger charge is -2.18. The van der Waals surface area contributed by atoms with Gasteiger partial charge in [0.1, 0.15) is 11.2 Å². The molecule has 0 spiro atoms. The number of fused-ring (bicyclic) bond motifs is 6. The first kappa shape index (κ1) is 19.6. The van der Waals surface area contributed by atoms with Gasteiger partial charge in [-0.3, -0.25) is 4.98 Å². The lowest BCUT2D eigenvalue weighted by atomic mass is 9.87. The molecule has 0 unspecified atom stereocenters. The molecule has 0 amide bonds. The Morgan fingerprint density at radius 3 is 2.33 bits per heavy atom. The summed E-state index contributed by atoms with van der Waals surface area (Å²) in [6, 6.07) is 30.2. The Labute approximate surface area is 242 Å². The van der Waals surface area contributed by atoms with E-state index in [0.29, 0.717) is 28.0 Å². The molecule has 0 radical (unpaired) electrons. The Hall–Kier alpha value is -4.43. The molecule has 0 aliphatic heterocycles. The van der Waals surface area contributed by atoms with Crippen LogP contribution in [0.4, 0.5) is 0 Å². The maximum Gasteiger partial charge on any atom is 0.144 e. The third-order valence-electron chi connectivity index (χ3n) is 7.97. The zero-order chi connectivity index (χ0) is 31.9. The van der Waals surface area contributed by atoms with Crippen molar-refractivity contribution in [3.63, 3.8) is 0 Å². The number of aryl methyl sites for hydroxylation is 1. The molecular weight excluding hydrogens is 486 g/mol. The van der Waals surface area contributed by atoms with Crippen LogP contribution in [0.5, 0.6) is 0 Å². The Kier molecular flexibility index (Phi) is 4.58. The minimum absolute atomic E-state index is 0.115. The number of nitrogens with zero attached hydrogens (tertiary/aromatic N) is 1. The Morgan fingerprint density at radius 2 is 1.50 bits per heavy atom. The molecule has 7 rings (SSSR count). The number of benzene rings is 5. The SMILES string of the molecule is [2H]C([2H])([2H])c1cnc(-c2cccc3c2oc2cc4c(ccc5ccccc54)cc23)cc1-c1ccc(C([2H])(C)C)cc1C([2H])(C)C. The molecule has 0 N–H and O–H groups in total. The topological polar surface area (TPSA) is 26.0 Å². The summed E-state index contributed by atoms with van der Waals surface area (Å²) < 4.78 is 49.1. The van der Waals surface area contributed by atoms with Crippen LogP contribution in [0.15, 0.2) is 102 Å². The van der Waals surface area contributed by atoms with E-state index in [9.17, 15) is 0 Å². The minimum Gasteiger partial charge on any atom is -0.455 e. The van der Waals surface area contributed by atoms with Crippen LogP contribution in [-0.4, -0.2) is 4.98 Å². The summed E-state index contributed by atoms with van der Waals surface area (Å²) in [5.41, 5.74) is 5.46. The van der Waals surface area contributed by atoms with Crippen molar-refractivity contribution < 1.29 is 11.3 Å². The van der Waals surface area contributed by atoms with Crippen LogP contribution < -0.4 is 0 Å². The van der Waals surface area contributed by atoms with Gasteiger partial charge in [0.2, 0.25) is 0 Å². The molecule has 7 aromatic rings. The number of hydrogen-bond donors (Lipinski definition) is 0. The van der Waals surface area contributed by atoms with E-state index in [0.717, 1.165) is 43.6 Å². The van der Waals surface area contributed by atoms with Crippen molar-refractivity contribution >= 4 is 43.5 Å². The molecule has 0 saturated heterocycles. The van der Waals surface area contributed by atoms with Crippen molar-refractivity contribution in [3.8, 4) is 22.4 Å². The predicted molar refractivity (Wildman–Crippen MR) is 170 cm³/mol. The molecule has 2 nitrogen and oxygen atoms in total. The second-order valence-corrected chi connectivity index (χ2v) is 11.0. The van der Waals surface area contributed by atoms with Gasteiger partial charge in [-0.25, -0.2) is 0 Å². The van der Waals surface area contributed by atoms with Gasteiger partial charge >= 0.3 is 0 Å². The molecule has 0 bridgehead atoms. The van der Waals surface area contributed by atoms with E-state index in [1.165, 1.54) is 11.6 Å². The van der Waals surface area contributed by atoms with Gasteiger partial charge in [-0.15, -0.1) is 0 Å². The molecule has 2 heterocycles. The molecule has 0 aliphatic rings. The van der Waals surface area contributed by atoms with Crippen LogP contribution in [0.1, 0.15) is 63.0 Å². The average molecular weight is 525 g/mol. The van der Waals surface area contributed by atoms with Crippen LogP contribution in [0.3, 0.4) is 0 Å². The highest BCUT2D eigenvalue weighted by molar-refractivity contribution is 6.17. The zero-order valence-electron chi connectivity index (χ0n) is 28.1. The number of hydrogen-bond acceptors (Lipinski definition) is 2. The van der Waals surface area contributed by atoms with Crippen molar-refractivity contribution in [1.29, 1.82) is 0 Å². The van der Waals surface area contributed by atoms with E-state index in [2.05, 4.69) is 41.4 Å². The lowest BCUT2D eigenvalue weighted by molar-refractivity contribution is 0.670. The van der Waals surface area contributed by atoms with Gasteiger partial charge < -0.3 is 4.42 Å². The smallest absolute Gasteiger partial charge is 0.144 e. The number of pyridine rings is 1. The molecule has 0 aliphatic carbocycles. The summed E-state index contributed by atoms with van der Waals surface area (Å²) in [5, 5.41) is 6.53. The van der Waals surface area contributed by atoms with E-state index in [-0.39, 0.29) is 5.56 Å². The molecule has 196 valence electrons. The highest BCUT2D eigenvalue weighted by Crippen LogP contribution is 2.40. The molecule has 2 heteroatoms. The fraction of sp³-hybridized carbons (Fsp3) is 0.184.